The van der Waals surface area contributed by atoms with Crippen molar-refractivity contribution in [1.82, 2.24) is 9.97 Å². The number of benzene rings is 1. The highest BCUT2D eigenvalue weighted by Crippen LogP contribution is 2.31. The molecular weight excluding hydrogens is 435 g/mol. The number of nitrogens with zero attached hydrogens (tertiary/aromatic N) is 2. The van der Waals surface area contributed by atoms with E-state index in [-0.39, 0.29) is 38.4 Å². The van der Waals surface area contributed by atoms with Gasteiger partial charge in [-0.05, 0) is 18.2 Å². The molecule has 0 aliphatic rings. The molecule has 0 amide bonds. The second-order valence-electron chi connectivity index (χ2n) is 5.18. The lowest BCUT2D eigenvalue weighted by atomic mass is 10.4. The summed E-state index contributed by atoms with van der Waals surface area (Å²) in [7, 11) is -4.08. The van der Waals surface area contributed by atoms with Gasteiger partial charge in [0, 0.05) is 12.1 Å². The Morgan fingerprint density at radius 1 is 1.11 bits per heavy atom. The minimum atomic E-state index is -4.08. The van der Waals surface area contributed by atoms with Crippen LogP contribution in [0, 0.1) is 0 Å². The fraction of sp³-hybridized carbons (Fsp3) is 0.0625. The zero-order chi connectivity index (χ0) is 19.4. The molecular formula is C16H12Cl3N4O3S+. The van der Waals surface area contributed by atoms with Gasteiger partial charge in [0.25, 0.3) is 15.9 Å². The lowest BCUT2D eigenvalue weighted by Crippen LogP contribution is -2.17. The van der Waals surface area contributed by atoms with Gasteiger partial charge in [0.1, 0.15) is 4.90 Å². The molecule has 0 saturated carbocycles. The van der Waals surface area contributed by atoms with Crippen molar-refractivity contribution in [3.8, 4) is 5.88 Å². The monoisotopic (exact) mass is 445 g/mol. The molecule has 3 aromatic rings. The average Bonchev–Trinajstić information content (AvgIpc) is 2.64. The maximum Gasteiger partial charge on any atom is 0.264 e. The molecule has 0 radical (unpaired) electrons. The number of nitrogens with one attached hydrogen (secondary N) is 2. The van der Waals surface area contributed by atoms with Crippen molar-refractivity contribution in [3.63, 3.8) is 0 Å². The summed E-state index contributed by atoms with van der Waals surface area (Å²) in [6, 6.07) is 9.71. The van der Waals surface area contributed by atoms with E-state index in [0.717, 1.165) is 5.69 Å². The first-order valence-corrected chi connectivity index (χ1v) is 10.1. The van der Waals surface area contributed by atoms with Gasteiger partial charge in [-0.2, -0.15) is 4.98 Å². The summed E-state index contributed by atoms with van der Waals surface area (Å²) in [5.41, 5.74) is 0.742. The number of hydrogen-bond donors (Lipinski definition) is 1. The largest absolute Gasteiger partial charge is 0.464 e. The van der Waals surface area contributed by atoms with Crippen LogP contribution < -0.4 is 14.4 Å². The molecule has 140 valence electrons. The van der Waals surface area contributed by atoms with Crippen molar-refractivity contribution < 1.29 is 18.1 Å². The molecule has 11 heteroatoms. The van der Waals surface area contributed by atoms with Crippen LogP contribution in [0.25, 0.3) is 0 Å². The number of H-pyrrole nitrogens is 1. The summed E-state index contributed by atoms with van der Waals surface area (Å²) in [6.45, 7) is 0.0997. The van der Waals surface area contributed by atoms with Crippen LogP contribution >= 0.6 is 34.8 Å². The standard InChI is InChI=1S/C16H11Cl3N4O3S/c17-11-5-3-6-12(14(11)19)27(24,25)23-15-16(22-13(18)8-21-15)26-9-10-4-1-2-7-20-10/h1-8H,9H2,(H,21,23)/p+1. The van der Waals surface area contributed by atoms with Crippen LogP contribution in [0.5, 0.6) is 5.88 Å². The van der Waals surface area contributed by atoms with Gasteiger partial charge in [0.2, 0.25) is 11.5 Å². The first-order chi connectivity index (χ1) is 12.9. The van der Waals surface area contributed by atoms with Crippen molar-refractivity contribution in [1.29, 1.82) is 0 Å². The van der Waals surface area contributed by atoms with Crippen molar-refractivity contribution in [2.75, 3.05) is 4.72 Å². The average molecular weight is 447 g/mol. The quantitative estimate of drug-likeness (QED) is 0.624. The van der Waals surface area contributed by atoms with Gasteiger partial charge in [0.15, 0.2) is 18.0 Å². The van der Waals surface area contributed by atoms with Gasteiger partial charge in [-0.1, -0.05) is 40.9 Å². The second kappa shape index (κ2) is 8.26. The molecule has 2 heterocycles. The smallest absolute Gasteiger partial charge is 0.264 e. The Bertz CT molecular complexity index is 1070. The number of halogens is 3. The molecule has 7 nitrogen and oxygen atoms in total. The molecule has 0 unspecified atom stereocenters. The van der Waals surface area contributed by atoms with Crippen molar-refractivity contribution in [2.45, 2.75) is 11.5 Å². The Balaban J connectivity index is 1.89. The molecule has 0 bridgehead atoms. The van der Waals surface area contributed by atoms with Crippen LogP contribution in [-0.4, -0.2) is 18.4 Å². The molecule has 1 aromatic carbocycles. The number of ether oxygens (including phenoxy) is 1. The molecule has 2 aromatic heterocycles. The zero-order valence-corrected chi connectivity index (χ0v) is 16.6. The number of sulfonamides is 1. The molecule has 0 aliphatic heterocycles. The highest BCUT2D eigenvalue weighted by molar-refractivity contribution is 7.92. The van der Waals surface area contributed by atoms with Gasteiger partial charge in [-0.3, -0.25) is 4.72 Å². The first kappa shape index (κ1) is 19.6. The van der Waals surface area contributed by atoms with Crippen LogP contribution in [0.4, 0.5) is 5.82 Å². The topological polar surface area (TPSA) is 95.3 Å². The van der Waals surface area contributed by atoms with E-state index in [2.05, 4.69) is 19.7 Å². The number of hydrogen-bond acceptors (Lipinski definition) is 5. The van der Waals surface area contributed by atoms with Crippen LogP contribution in [0.2, 0.25) is 15.2 Å². The number of aromatic amines is 1. The van der Waals surface area contributed by atoms with E-state index in [4.69, 9.17) is 39.5 Å². The molecule has 0 atom stereocenters. The summed E-state index contributed by atoms with van der Waals surface area (Å²) in [5.74, 6) is -0.215. The highest BCUT2D eigenvalue weighted by Gasteiger charge is 2.23. The molecule has 0 saturated heterocycles. The van der Waals surface area contributed by atoms with Crippen LogP contribution in [0.3, 0.4) is 0 Å². The van der Waals surface area contributed by atoms with Crippen LogP contribution in [-0.2, 0) is 16.6 Å². The third-order valence-electron chi connectivity index (χ3n) is 3.29. The minimum Gasteiger partial charge on any atom is -0.464 e. The molecule has 3 rings (SSSR count). The van der Waals surface area contributed by atoms with E-state index >= 15 is 0 Å². The number of aromatic nitrogens is 3. The normalized spacial score (nSPS) is 11.2. The maximum atomic E-state index is 12.7. The molecule has 0 spiro atoms. The zero-order valence-electron chi connectivity index (χ0n) is 13.5. The number of rotatable bonds is 6. The van der Waals surface area contributed by atoms with Crippen molar-refractivity contribution >= 4 is 50.6 Å². The molecule has 2 N–H and O–H groups in total. The Morgan fingerprint density at radius 2 is 1.93 bits per heavy atom. The molecule has 0 fully saturated rings. The summed E-state index contributed by atoms with van der Waals surface area (Å²) < 4.78 is 33.2. The summed E-state index contributed by atoms with van der Waals surface area (Å²) in [6.07, 6.45) is 2.92. The van der Waals surface area contributed by atoms with E-state index in [1.165, 1.54) is 24.4 Å². The van der Waals surface area contributed by atoms with Gasteiger partial charge in [0.05, 0.1) is 16.2 Å². The highest BCUT2D eigenvalue weighted by atomic mass is 35.5. The Morgan fingerprint density at radius 3 is 2.67 bits per heavy atom. The third-order valence-corrected chi connectivity index (χ3v) is 5.78. The molecule has 27 heavy (non-hydrogen) atoms. The van der Waals surface area contributed by atoms with E-state index in [0.29, 0.717) is 0 Å². The second-order valence-corrected chi connectivity index (χ2v) is 8.00. The lowest BCUT2D eigenvalue weighted by Gasteiger charge is -2.12. The maximum absolute atomic E-state index is 12.7. The fourth-order valence-electron chi connectivity index (χ4n) is 2.06. The number of pyridine rings is 1. The first-order valence-electron chi connectivity index (χ1n) is 7.44. The summed E-state index contributed by atoms with van der Waals surface area (Å²) in [4.78, 5) is 10.7. The third kappa shape index (κ3) is 4.78. The van der Waals surface area contributed by atoms with Crippen LogP contribution in [0.15, 0.2) is 53.7 Å². The van der Waals surface area contributed by atoms with Gasteiger partial charge < -0.3 is 4.74 Å². The lowest BCUT2D eigenvalue weighted by molar-refractivity contribution is -0.394. The Hall–Kier alpha value is -2.13. The summed E-state index contributed by atoms with van der Waals surface area (Å²) in [5, 5.41) is 0.0542. The van der Waals surface area contributed by atoms with Gasteiger partial charge in [-0.15, -0.1) is 0 Å². The summed E-state index contributed by atoms with van der Waals surface area (Å²) >= 11 is 17.8. The SMILES string of the molecule is O=S(=O)(Nc1ncc(Cl)nc1OCc1cccc[nH+]1)c1cccc(Cl)c1Cl. The minimum absolute atomic E-state index is 0.0470. The van der Waals surface area contributed by atoms with Crippen LogP contribution in [0.1, 0.15) is 5.69 Å². The van der Waals surface area contributed by atoms with E-state index < -0.39 is 10.0 Å². The Kier molecular flexibility index (Phi) is 6.01. The predicted molar refractivity (Wildman–Crippen MR) is 102 cm³/mol. The predicted octanol–water partition coefficient (Wildman–Crippen LogP) is 3.63. The van der Waals surface area contributed by atoms with E-state index in [1.54, 1.807) is 12.3 Å². The van der Waals surface area contributed by atoms with E-state index in [9.17, 15) is 8.42 Å². The van der Waals surface area contributed by atoms with Gasteiger partial charge in [-0.25, -0.2) is 18.4 Å². The van der Waals surface area contributed by atoms with Crippen molar-refractivity contribution in [3.05, 3.63) is 69.7 Å². The van der Waals surface area contributed by atoms with Gasteiger partial charge >= 0.3 is 0 Å². The van der Waals surface area contributed by atoms with E-state index in [1.807, 2.05) is 12.1 Å². The number of anilines is 1. The van der Waals surface area contributed by atoms with Crippen molar-refractivity contribution in [2.24, 2.45) is 0 Å². The molecule has 0 aliphatic carbocycles. The fourth-order valence-corrected chi connectivity index (χ4v) is 3.96. The Labute approximate surface area is 170 Å².